The first-order chi connectivity index (χ1) is 16.2. The number of aromatic nitrogens is 2. The van der Waals surface area contributed by atoms with E-state index in [1.54, 1.807) is 12.1 Å². The molecular formula is C19H16N4O9S2. The minimum atomic E-state index is -4.30. The number of hydroxylamine groups is 1. The third kappa shape index (κ3) is 4.29. The lowest BCUT2D eigenvalue weighted by molar-refractivity contribution is -0.832. The Morgan fingerprint density at radius 2 is 1.41 bits per heavy atom. The molecule has 0 saturated heterocycles. The van der Waals surface area contributed by atoms with Crippen LogP contribution in [-0.4, -0.2) is 57.6 Å². The van der Waals surface area contributed by atoms with E-state index in [2.05, 4.69) is 14.8 Å². The van der Waals surface area contributed by atoms with Crippen molar-refractivity contribution in [3.63, 3.8) is 0 Å². The third-order valence-corrected chi connectivity index (χ3v) is 7.98. The van der Waals surface area contributed by atoms with Crippen LogP contribution in [0.25, 0.3) is 0 Å². The Morgan fingerprint density at radius 3 is 2.03 bits per heavy atom. The fourth-order valence-electron chi connectivity index (χ4n) is 2.95. The van der Waals surface area contributed by atoms with Gasteiger partial charge in [-0.3, -0.25) is 4.63 Å². The van der Waals surface area contributed by atoms with Crippen molar-refractivity contribution in [2.45, 2.75) is 14.8 Å². The second-order valence-corrected chi connectivity index (χ2v) is 10.4. The molecule has 0 unspecified atom stereocenters. The zero-order valence-corrected chi connectivity index (χ0v) is 18.8. The van der Waals surface area contributed by atoms with Crippen molar-refractivity contribution >= 4 is 30.6 Å². The summed E-state index contributed by atoms with van der Waals surface area (Å²) in [6, 6.07) is 14.4. The van der Waals surface area contributed by atoms with Gasteiger partial charge in [-0.2, -0.15) is 9.73 Å². The van der Waals surface area contributed by atoms with Crippen molar-refractivity contribution in [1.82, 2.24) is 5.16 Å². The summed E-state index contributed by atoms with van der Waals surface area (Å²) < 4.78 is 66.2. The molecule has 1 aliphatic heterocycles. The molecule has 2 aromatic carbocycles. The van der Waals surface area contributed by atoms with Crippen LogP contribution in [0.2, 0.25) is 0 Å². The Morgan fingerprint density at radius 1 is 0.853 bits per heavy atom. The van der Waals surface area contributed by atoms with Crippen molar-refractivity contribution in [3.8, 4) is 5.88 Å². The van der Waals surface area contributed by atoms with Gasteiger partial charge in [-0.25, -0.2) is 16.8 Å². The second kappa shape index (κ2) is 9.11. The molecule has 0 bridgehead atoms. The second-order valence-electron chi connectivity index (χ2n) is 6.66. The molecule has 1 aromatic heterocycles. The number of benzene rings is 2. The molecule has 15 heteroatoms. The standard InChI is InChI=1S/C19H16N4O9S2/c24-22-13-20-16(18(22)33(26,27)14-7-3-1-4-8-14)30-11-12-31-17-19(23(25)32-21-17)34(28,29)15-9-5-2-6-10-15/h1-10H,11-13H2. The molecule has 0 saturated carbocycles. The van der Waals surface area contributed by atoms with E-state index >= 15 is 0 Å². The van der Waals surface area contributed by atoms with E-state index in [0.717, 1.165) is 0 Å². The number of sulfone groups is 2. The van der Waals surface area contributed by atoms with Gasteiger partial charge in [0.2, 0.25) is 0 Å². The zero-order chi connectivity index (χ0) is 24.3. The van der Waals surface area contributed by atoms with Gasteiger partial charge in [0.1, 0.15) is 13.2 Å². The van der Waals surface area contributed by atoms with E-state index in [0.29, 0.717) is 0 Å². The molecule has 34 heavy (non-hydrogen) atoms. The molecule has 178 valence electrons. The van der Waals surface area contributed by atoms with Crippen LogP contribution < -0.4 is 9.64 Å². The van der Waals surface area contributed by atoms with Crippen LogP contribution in [0.5, 0.6) is 5.88 Å². The Hall–Kier alpha value is -3.98. The topological polar surface area (TPSA) is 178 Å². The molecule has 3 aromatic rings. The maximum Gasteiger partial charge on any atom is 0.415 e. The number of rotatable bonds is 7. The quantitative estimate of drug-likeness (QED) is 0.245. The molecule has 13 nitrogen and oxygen atoms in total. The summed E-state index contributed by atoms with van der Waals surface area (Å²) in [5.74, 6) is -1.03. The number of hydrogen-bond acceptors (Lipinski definition) is 11. The molecule has 0 amide bonds. The van der Waals surface area contributed by atoms with Gasteiger partial charge in [0, 0.05) is 0 Å². The Labute approximate surface area is 193 Å². The Balaban J connectivity index is 1.45. The van der Waals surface area contributed by atoms with Crippen molar-refractivity contribution in [2.75, 3.05) is 19.9 Å². The van der Waals surface area contributed by atoms with E-state index in [4.69, 9.17) is 9.47 Å². The molecule has 0 fully saturated rings. The lowest BCUT2D eigenvalue weighted by atomic mass is 10.4. The fraction of sp³-hybridized carbons (Fsp3) is 0.158. The predicted molar refractivity (Wildman–Crippen MR) is 113 cm³/mol. The van der Waals surface area contributed by atoms with Crippen LogP contribution in [0.1, 0.15) is 0 Å². The largest absolute Gasteiger partial charge is 0.621 e. The summed E-state index contributed by atoms with van der Waals surface area (Å²) in [5, 5.41) is 25.8. The summed E-state index contributed by atoms with van der Waals surface area (Å²) in [6.07, 6.45) is 0. The highest BCUT2D eigenvalue weighted by Crippen LogP contribution is 2.25. The first kappa shape index (κ1) is 23.2. The van der Waals surface area contributed by atoms with Crippen LogP contribution in [0, 0.1) is 10.4 Å². The molecule has 1 aliphatic rings. The van der Waals surface area contributed by atoms with Crippen molar-refractivity contribution in [3.05, 3.63) is 71.1 Å². The summed E-state index contributed by atoms with van der Waals surface area (Å²) in [6.45, 7) is -1.20. The van der Waals surface area contributed by atoms with Gasteiger partial charge in [0.05, 0.1) is 14.9 Å². The van der Waals surface area contributed by atoms with Gasteiger partial charge in [0.15, 0.2) is 0 Å². The Bertz CT molecular complexity index is 1470. The predicted octanol–water partition coefficient (Wildman–Crippen LogP) is 0.289. The number of aliphatic imine (C=N–C) groups is 1. The normalized spacial score (nSPS) is 14.2. The Kier molecular flexibility index (Phi) is 6.21. The van der Waals surface area contributed by atoms with Gasteiger partial charge in [0.25, 0.3) is 26.3 Å². The van der Waals surface area contributed by atoms with E-state index in [9.17, 15) is 27.3 Å². The highest BCUT2D eigenvalue weighted by Gasteiger charge is 2.40. The SMILES string of the molecule is O=S(=O)(C1=[N+]([O-])CN=C1OCCOc1no[n+]([O-])c1S(=O)(=O)c1ccccc1)c1ccccc1. The molecule has 0 atom stereocenters. The maximum atomic E-state index is 12.8. The average Bonchev–Trinajstić information content (AvgIpc) is 3.40. The van der Waals surface area contributed by atoms with Crippen LogP contribution in [0.4, 0.5) is 0 Å². The molecule has 0 aliphatic carbocycles. The zero-order valence-electron chi connectivity index (χ0n) is 17.2. The van der Waals surface area contributed by atoms with Crippen LogP contribution >= 0.6 is 0 Å². The molecule has 0 N–H and O–H groups in total. The maximum absolute atomic E-state index is 12.8. The van der Waals surface area contributed by atoms with E-state index in [1.165, 1.54) is 48.5 Å². The van der Waals surface area contributed by atoms with Crippen molar-refractivity contribution in [2.24, 2.45) is 4.99 Å². The fourth-order valence-corrected chi connectivity index (χ4v) is 5.66. The van der Waals surface area contributed by atoms with Crippen LogP contribution in [0.3, 0.4) is 0 Å². The van der Waals surface area contributed by atoms with E-state index < -0.39 is 48.2 Å². The van der Waals surface area contributed by atoms with E-state index in [-0.39, 0.29) is 32.6 Å². The highest BCUT2D eigenvalue weighted by molar-refractivity contribution is 8.08. The lowest BCUT2D eigenvalue weighted by Gasteiger charge is -2.08. The van der Waals surface area contributed by atoms with Gasteiger partial charge in [-0.15, -0.1) is 0 Å². The molecule has 4 rings (SSSR count). The average molecular weight is 508 g/mol. The van der Waals surface area contributed by atoms with Crippen molar-refractivity contribution in [1.29, 1.82) is 0 Å². The first-order valence-corrected chi connectivity index (χ1v) is 12.5. The number of nitrogens with zero attached hydrogens (tertiary/aromatic N) is 4. The minimum Gasteiger partial charge on any atom is -0.621 e. The minimum absolute atomic E-state index is 0.112. The smallest absolute Gasteiger partial charge is 0.415 e. The molecular weight excluding hydrogens is 492 g/mol. The van der Waals surface area contributed by atoms with Gasteiger partial charge in [-0.05, 0) is 29.2 Å². The van der Waals surface area contributed by atoms with Crippen molar-refractivity contribution < 1.29 is 40.6 Å². The molecule has 2 heterocycles. The molecule has 0 radical (unpaired) electrons. The summed E-state index contributed by atoms with van der Waals surface area (Å²) in [5.41, 5.74) is 0. The highest BCUT2D eigenvalue weighted by atomic mass is 32.2. The van der Waals surface area contributed by atoms with Gasteiger partial charge < -0.3 is 19.9 Å². The van der Waals surface area contributed by atoms with E-state index in [1.807, 2.05) is 0 Å². The summed E-state index contributed by atoms with van der Waals surface area (Å²) >= 11 is 0. The lowest BCUT2D eigenvalue weighted by Crippen LogP contribution is -2.31. The summed E-state index contributed by atoms with van der Waals surface area (Å²) in [4.78, 5) is 3.20. The monoisotopic (exact) mass is 508 g/mol. The summed E-state index contributed by atoms with van der Waals surface area (Å²) in [7, 11) is -8.50. The van der Waals surface area contributed by atoms with Crippen LogP contribution in [0.15, 0.2) is 85.1 Å². The first-order valence-electron chi connectivity index (χ1n) is 9.55. The van der Waals surface area contributed by atoms with Gasteiger partial charge in [-0.1, -0.05) is 36.4 Å². The van der Waals surface area contributed by atoms with Crippen LogP contribution in [-0.2, 0) is 24.4 Å². The third-order valence-electron chi connectivity index (χ3n) is 4.48. The number of hydrogen-bond donors (Lipinski definition) is 0. The number of ether oxygens (including phenoxy) is 2. The molecule has 0 spiro atoms. The van der Waals surface area contributed by atoms with Gasteiger partial charge >= 0.3 is 21.8 Å².